The monoisotopic (exact) mass is 255 g/mol. The first-order valence-electron chi connectivity index (χ1n) is 5.67. The van der Waals surface area contributed by atoms with Crippen molar-refractivity contribution in [2.24, 2.45) is 0 Å². The zero-order chi connectivity index (χ0) is 13.4. The van der Waals surface area contributed by atoms with Crippen molar-refractivity contribution in [3.05, 3.63) is 16.3 Å². The highest BCUT2D eigenvalue weighted by atomic mass is 16.6. The van der Waals surface area contributed by atoms with Crippen molar-refractivity contribution in [2.45, 2.75) is 13.3 Å². The van der Waals surface area contributed by atoms with Crippen LogP contribution in [0.5, 0.6) is 0 Å². The highest BCUT2D eigenvalue weighted by Gasteiger charge is 2.16. The molecule has 8 heteroatoms. The molecule has 0 aromatic carbocycles. The standard InChI is InChI=1S/C10H17N5O3/c1-3-4-12-10-13-7-8(15(16)17)9(14-10)11-5-6-18-2/h7H,3-6H2,1-2H3,(H2,11,12,13,14). The molecule has 0 saturated carbocycles. The van der Waals surface area contributed by atoms with E-state index in [1.54, 1.807) is 7.11 Å². The van der Waals surface area contributed by atoms with Gasteiger partial charge in [-0.1, -0.05) is 6.92 Å². The topological polar surface area (TPSA) is 102 Å². The fourth-order valence-corrected chi connectivity index (χ4v) is 1.23. The summed E-state index contributed by atoms with van der Waals surface area (Å²) in [7, 11) is 1.56. The maximum Gasteiger partial charge on any atom is 0.329 e. The Balaban J connectivity index is 2.82. The molecule has 1 aromatic heterocycles. The highest BCUT2D eigenvalue weighted by Crippen LogP contribution is 2.21. The predicted molar refractivity (Wildman–Crippen MR) is 67.8 cm³/mol. The van der Waals surface area contributed by atoms with Crippen molar-refractivity contribution in [3.63, 3.8) is 0 Å². The van der Waals surface area contributed by atoms with E-state index in [0.717, 1.165) is 13.0 Å². The summed E-state index contributed by atoms with van der Waals surface area (Å²) in [6.45, 7) is 3.62. The minimum Gasteiger partial charge on any atom is -0.383 e. The van der Waals surface area contributed by atoms with Crippen molar-refractivity contribution in [1.82, 2.24) is 9.97 Å². The Kier molecular flexibility index (Phi) is 5.78. The predicted octanol–water partition coefficient (Wildman–Crippen LogP) is 1.26. The fourth-order valence-electron chi connectivity index (χ4n) is 1.23. The lowest BCUT2D eigenvalue weighted by atomic mass is 10.4. The number of hydrogen-bond acceptors (Lipinski definition) is 7. The van der Waals surface area contributed by atoms with Gasteiger partial charge in [-0.3, -0.25) is 10.1 Å². The molecule has 0 atom stereocenters. The molecule has 0 unspecified atom stereocenters. The van der Waals surface area contributed by atoms with E-state index in [1.807, 2.05) is 6.92 Å². The maximum absolute atomic E-state index is 10.8. The second-order valence-electron chi connectivity index (χ2n) is 3.53. The molecule has 18 heavy (non-hydrogen) atoms. The van der Waals surface area contributed by atoms with Crippen LogP contribution in [-0.4, -0.2) is 41.7 Å². The molecular weight excluding hydrogens is 238 g/mol. The van der Waals surface area contributed by atoms with Crippen LogP contribution in [0, 0.1) is 10.1 Å². The SMILES string of the molecule is CCCNc1ncc([N+](=O)[O-])c(NCCOC)n1. The molecule has 8 nitrogen and oxygen atoms in total. The molecule has 0 radical (unpaired) electrons. The number of nitrogens with one attached hydrogen (secondary N) is 2. The molecular formula is C10H17N5O3. The van der Waals surface area contributed by atoms with Gasteiger partial charge in [0.1, 0.15) is 6.20 Å². The van der Waals surface area contributed by atoms with E-state index >= 15 is 0 Å². The Morgan fingerprint density at radius 2 is 2.22 bits per heavy atom. The van der Waals surface area contributed by atoms with Gasteiger partial charge in [0.05, 0.1) is 11.5 Å². The Morgan fingerprint density at radius 3 is 2.83 bits per heavy atom. The lowest BCUT2D eigenvalue weighted by Gasteiger charge is -2.07. The quantitative estimate of drug-likeness (QED) is 0.409. The molecule has 0 aliphatic heterocycles. The highest BCUT2D eigenvalue weighted by molar-refractivity contribution is 5.56. The first-order valence-corrected chi connectivity index (χ1v) is 5.67. The van der Waals surface area contributed by atoms with E-state index in [0.29, 0.717) is 19.1 Å². The summed E-state index contributed by atoms with van der Waals surface area (Å²) in [5.74, 6) is 0.577. The summed E-state index contributed by atoms with van der Waals surface area (Å²) in [6, 6.07) is 0. The molecule has 1 heterocycles. The van der Waals surface area contributed by atoms with Crippen LogP contribution in [-0.2, 0) is 4.74 Å². The van der Waals surface area contributed by atoms with Crippen molar-refractivity contribution < 1.29 is 9.66 Å². The lowest BCUT2D eigenvalue weighted by Crippen LogP contribution is -2.13. The van der Waals surface area contributed by atoms with Gasteiger partial charge in [0.25, 0.3) is 0 Å². The van der Waals surface area contributed by atoms with Crippen LogP contribution in [0.15, 0.2) is 6.20 Å². The van der Waals surface area contributed by atoms with Gasteiger partial charge in [-0.15, -0.1) is 0 Å². The summed E-state index contributed by atoms with van der Waals surface area (Å²) < 4.78 is 4.87. The van der Waals surface area contributed by atoms with Crippen LogP contribution < -0.4 is 10.6 Å². The van der Waals surface area contributed by atoms with Crippen LogP contribution in [0.3, 0.4) is 0 Å². The van der Waals surface area contributed by atoms with E-state index in [-0.39, 0.29) is 11.5 Å². The molecule has 0 aliphatic carbocycles. The van der Waals surface area contributed by atoms with Crippen LogP contribution in [0.2, 0.25) is 0 Å². The Hall–Kier alpha value is -1.96. The number of rotatable bonds is 8. The number of aromatic nitrogens is 2. The molecule has 0 aliphatic rings. The zero-order valence-electron chi connectivity index (χ0n) is 10.5. The van der Waals surface area contributed by atoms with Crippen LogP contribution in [0.4, 0.5) is 17.5 Å². The third kappa shape index (κ3) is 4.13. The number of nitrogens with zero attached hydrogens (tertiary/aromatic N) is 3. The average Bonchev–Trinajstić information content (AvgIpc) is 2.36. The second kappa shape index (κ2) is 7.38. The molecule has 0 fully saturated rings. The van der Waals surface area contributed by atoms with E-state index in [1.165, 1.54) is 6.20 Å². The van der Waals surface area contributed by atoms with Gasteiger partial charge < -0.3 is 15.4 Å². The number of ether oxygens (including phenoxy) is 1. The van der Waals surface area contributed by atoms with E-state index < -0.39 is 4.92 Å². The van der Waals surface area contributed by atoms with Crippen molar-refractivity contribution in [3.8, 4) is 0 Å². The number of anilines is 2. The smallest absolute Gasteiger partial charge is 0.329 e. The first kappa shape index (κ1) is 14.1. The van der Waals surface area contributed by atoms with Gasteiger partial charge in [-0.05, 0) is 6.42 Å². The number of nitro groups is 1. The van der Waals surface area contributed by atoms with E-state index in [2.05, 4.69) is 20.6 Å². The van der Waals surface area contributed by atoms with Crippen molar-refractivity contribution in [2.75, 3.05) is 37.4 Å². The molecule has 0 amide bonds. The zero-order valence-corrected chi connectivity index (χ0v) is 10.5. The van der Waals surface area contributed by atoms with Crippen LogP contribution in [0.1, 0.15) is 13.3 Å². The van der Waals surface area contributed by atoms with Gasteiger partial charge in [0.2, 0.25) is 11.8 Å². The van der Waals surface area contributed by atoms with Crippen molar-refractivity contribution >= 4 is 17.5 Å². The maximum atomic E-state index is 10.8. The minimum absolute atomic E-state index is 0.145. The summed E-state index contributed by atoms with van der Waals surface area (Å²) in [6.07, 6.45) is 2.12. The van der Waals surface area contributed by atoms with Crippen LogP contribution >= 0.6 is 0 Å². The average molecular weight is 255 g/mol. The van der Waals surface area contributed by atoms with Gasteiger partial charge in [0, 0.05) is 20.2 Å². The third-order valence-electron chi connectivity index (χ3n) is 2.10. The molecule has 1 aromatic rings. The molecule has 0 spiro atoms. The minimum atomic E-state index is -0.515. The third-order valence-corrected chi connectivity index (χ3v) is 2.10. The summed E-state index contributed by atoms with van der Waals surface area (Å²) in [5, 5.41) is 16.6. The largest absolute Gasteiger partial charge is 0.383 e. The Bertz CT molecular complexity index is 399. The number of hydrogen-bond donors (Lipinski definition) is 2. The van der Waals surface area contributed by atoms with Gasteiger partial charge >= 0.3 is 5.69 Å². The molecule has 0 bridgehead atoms. The van der Waals surface area contributed by atoms with E-state index in [9.17, 15) is 10.1 Å². The summed E-state index contributed by atoms with van der Waals surface area (Å²) >= 11 is 0. The fraction of sp³-hybridized carbons (Fsp3) is 0.600. The lowest BCUT2D eigenvalue weighted by molar-refractivity contribution is -0.384. The Labute approximate surface area is 105 Å². The first-order chi connectivity index (χ1) is 8.69. The number of methoxy groups -OCH3 is 1. The van der Waals surface area contributed by atoms with Gasteiger partial charge in [-0.25, -0.2) is 4.98 Å². The second-order valence-corrected chi connectivity index (χ2v) is 3.53. The summed E-state index contributed by atoms with van der Waals surface area (Å²) in [5.41, 5.74) is -0.145. The molecule has 2 N–H and O–H groups in total. The van der Waals surface area contributed by atoms with Gasteiger partial charge in [0.15, 0.2) is 0 Å². The Morgan fingerprint density at radius 1 is 1.44 bits per heavy atom. The summed E-state index contributed by atoms with van der Waals surface area (Å²) in [4.78, 5) is 18.3. The molecule has 1 rings (SSSR count). The molecule has 100 valence electrons. The van der Waals surface area contributed by atoms with Gasteiger partial charge in [-0.2, -0.15) is 4.98 Å². The normalized spacial score (nSPS) is 10.1. The molecule has 0 saturated heterocycles. The van der Waals surface area contributed by atoms with Crippen LogP contribution in [0.25, 0.3) is 0 Å². The van der Waals surface area contributed by atoms with Crippen molar-refractivity contribution in [1.29, 1.82) is 0 Å². The van der Waals surface area contributed by atoms with E-state index in [4.69, 9.17) is 4.74 Å².